The first-order chi connectivity index (χ1) is 64.5. The van der Waals surface area contributed by atoms with Gasteiger partial charge in [0.25, 0.3) is 0 Å². The second kappa shape index (κ2) is 55.4. The van der Waals surface area contributed by atoms with E-state index in [0.29, 0.717) is 75.6 Å². The maximum absolute atomic E-state index is 12.1. The highest BCUT2D eigenvalue weighted by atomic mass is 32.2. The number of aromatic hydroxyl groups is 12. The highest BCUT2D eigenvalue weighted by molar-refractivity contribution is 7.99. The summed E-state index contributed by atoms with van der Waals surface area (Å²) in [6, 6.07) is 103. The second-order valence-corrected chi connectivity index (χ2v) is 31.1. The minimum Gasteiger partial charge on any atom is -0.508 e. The fourth-order valence-electron chi connectivity index (χ4n) is 13.6. The quantitative estimate of drug-likeness (QED) is 0.0506. The molecule has 16 nitrogen and oxygen atoms in total. The molecule has 1 aliphatic carbocycles. The molecule has 694 valence electrons. The van der Waals surface area contributed by atoms with Gasteiger partial charge in [-0.1, -0.05) is 344 Å². The van der Waals surface area contributed by atoms with Crippen molar-refractivity contribution in [1.29, 1.82) is 0 Å². The number of phenols is 12. The van der Waals surface area contributed by atoms with Crippen LogP contribution >= 0.6 is 11.8 Å². The van der Waals surface area contributed by atoms with Gasteiger partial charge < -0.3 is 71.7 Å². The van der Waals surface area contributed by atoms with Crippen LogP contribution in [0.1, 0.15) is 165 Å². The molecule has 16 aromatic rings. The minimum absolute atomic E-state index is 0.0424. The molecular formula is C117H125NO15S. The van der Waals surface area contributed by atoms with Crippen molar-refractivity contribution in [2.45, 2.75) is 140 Å². The molecular weight excluding hydrogens is 1690 g/mol. The molecule has 1 aliphatic rings. The summed E-state index contributed by atoms with van der Waals surface area (Å²) in [6.07, 6.45) is 1.63. The van der Waals surface area contributed by atoms with Crippen molar-refractivity contribution in [2.24, 2.45) is 0 Å². The van der Waals surface area contributed by atoms with Crippen LogP contribution in [0.4, 0.5) is 5.69 Å². The number of carbonyl (C=O) groups is 2. The molecule has 17 heteroatoms. The molecule has 0 bridgehead atoms. The maximum Gasteiger partial charge on any atom is 0.194 e. The van der Waals surface area contributed by atoms with E-state index in [-0.39, 0.29) is 69.1 Å². The Kier molecular flexibility index (Phi) is 44.3. The number of nitrogen functional groups attached to an aromatic ring is 1. The Labute approximate surface area is 793 Å². The summed E-state index contributed by atoms with van der Waals surface area (Å²) in [4.78, 5) is 25.7. The number of para-hydroxylation sites is 9. The number of nitrogens with two attached hydrogens (primary N) is 1. The van der Waals surface area contributed by atoms with E-state index < -0.39 is 0 Å². The molecule has 0 unspecified atom stereocenters. The van der Waals surface area contributed by atoms with Gasteiger partial charge in [-0.2, -0.15) is 0 Å². The van der Waals surface area contributed by atoms with Crippen LogP contribution in [-0.4, -0.2) is 72.8 Å². The lowest BCUT2D eigenvalue weighted by Crippen LogP contribution is -2.20. The summed E-state index contributed by atoms with van der Waals surface area (Å²) in [5.41, 5.74) is 25.6. The minimum atomic E-state index is -0.0641. The third-order valence-corrected chi connectivity index (χ3v) is 21.1. The van der Waals surface area contributed by atoms with Gasteiger partial charge in [0.15, 0.2) is 34.6 Å². The Balaban J connectivity index is 0.000000233. The van der Waals surface area contributed by atoms with Crippen LogP contribution in [0, 0.1) is 55.4 Å². The number of hydrogen-bond donors (Lipinski definition) is 13. The fraction of sp³-hybridized carbons (Fsp3) is 0.162. The number of aryl methyl sites for hydroxylation is 8. The van der Waals surface area contributed by atoms with Crippen molar-refractivity contribution >= 4 is 29.0 Å². The number of anilines is 1. The molecule has 0 aromatic heterocycles. The predicted molar refractivity (Wildman–Crippen MR) is 548 cm³/mol. The van der Waals surface area contributed by atoms with Gasteiger partial charge in [-0.05, 0) is 208 Å². The lowest BCUT2D eigenvalue weighted by atomic mass is 9.84. The highest BCUT2D eigenvalue weighted by Gasteiger charge is 2.29. The Bertz CT molecular complexity index is 5840. The van der Waals surface area contributed by atoms with Crippen LogP contribution in [0.5, 0.6) is 80.5 Å². The smallest absolute Gasteiger partial charge is 0.194 e. The molecule has 0 heterocycles. The molecule has 16 aromatic carbocycles. The van der Waals surface area contributed by atoms with Gasteiger partial charge in [0.05, 0.1) is 9.79 Å². The van der Waals surface area contributed by atoms with Gasteiger partial charge in [0.1, 0.15) is 57.5 Å². The molecule has 0 aliphatic heterocycles. The maximum atomic E-state index is 12.1. The largest absolute Gasteiger partial charge is 0.508 e. The zero-order chi connectivity index (χ0) is 98.5. The highest BCUT2D eigenvalue weighted by Crippen LogP contribution is 2.42. The van der Waals surface area contributed by atoms with Gasteiger partial charge in [0, 0.05) is 63.9 Å². The Morgan fingerprint density at radius 2 is 0.493 bits per heavy atom. The number of phenolic OH excluding ortho intramolecular Hbond substituents is 12. The molecule has 17 rings (SSSR count). The first-order valence-corrected chi connectivity index (χ1v) is 45.3. The van der Waals surface area contributed by atoms with Crippen molar-refractivity contribution in [3.05, 3.63) is 446 Å². The van der Waals surface area contributed by atoms with Crippen molar-refractivity contribution < 1.29 is 75.6 Å². The molecule has 0 spiro atoms. The third kappa shape index (κ3) is 32.2. The monoisotopic (exact) mass is 1820 g/mol. The first-order valence-electron chi connectivity index (χ1n) is 44.4. The normalized spacial score (nSPS) is 10.2. The number of benzene rings is 16. The zero-order valence-corrected chi connectivity index (χ0v) is 79.9. The summed E-state index contributed by atoms with van der Waals surface area (Å²) in [7, 11) is 0. The van der Waals surface area contributed by atoms with Crippen molar-refractivity contribution in [2.75, 3.05) is 5.73 Å². The lowest BCUT2D eigenvalue weighted by Gasteiger charge is -2.16. The molecule has 0 saturated heterocycles. The molecule has 134 heavy (non-hydrogen) atoms. The fourth-order valence-corrected chi connectivity index (χ4v) is 14.6. The van der Waals surface area contributed by atoms with Gasteiger partial charge in [-0.3, -0.25) is 9.59 Å². The van der Waals surface area contributed by atoms with Crippen molar-refractivity contribution in [3.8, 4) is 103 Å². The van der Waals surface area contributed by atoms with Crippen LogP contribution in [-0.2, 0) is 19.3 Å². The Morgan fingerprint density at radius 1 is 0.231 bits per heavy atom. The number of ketones is 2. The van der Waals surface area contributed by atoms with Gasteiger partial charge in [0.2, 0.25) is 0 Å². The van der Waals surface area contributed by atoms with Crippen LogP contribution < -0.4 is 10.5 Å². The van der Waals surface area contributed by atoms with E-state index in [9.17, 15) is 70.9 Å². The number of hydrogen-bond acceptors (Lipinski definition) is 17. The van der Waals surface area contributed by atoms with E-state index in [1.807, 2.05) is 262 Å². The van der Waals surface area contributed by atoms with E-state index in [1.165, 1.54) is 29.5 Å². The van der Waals surface area contributed by atoms with Gasteiger partial charge in [-0.25, -0.2) is 0 Å². The molecule has 0 radical (unpaired) electrons. The first kappa shape index (κ1) is 107. The molecule has 0 atom stereocenters. The number of rotatable bonds is 12. The average molecular weight is 1820 g/mol. The van der Waals surface area contributed by atoms with E-state index >= 15 is 0 Å². The number of fused-ring (bicyclic) bond motifs is 2. The Hall–Kier alpha value is -15.6. The van der Waals surface area contributed by atoms with Crippen molar-refractivity contribution in [3.63, 3.8) is 0 Å². The third-order valence-electron chi connectivity index (χ3n) is 20.0. The van der Waals surface area contributed by atoms with Crippen LogP contribution in [0.3, 0.4) is 0 Å². The number of carbonyl (C=O) groups excluding carboxylic acids is 2. The van der Waals surface area contributed by atoms with Crippen molar-refractivity contribution in [1.82, 2.24) is 0 Å². The zero-order valence-electron chi connectivity index (χ0n) is 79.1. The summed E-state index contributed by atoms with van der Waals surface area (Å²) in [6.45, 7) is 31.7. The predicted octanol–water partition coefficient (Wildman–Crippen LogP) is 28.9. The molecule has 14 N–H and O–H groups in total. The standard InChI is InChI=1S/C17H20O2.C15H16O2.C14H14O2S.C14H8O2.C13H12O2.C12H11N.C12H10O3.C12H10O2.4C2H6/c1-10-5-12(3)16(18)14(7-10)9-15-8-11(2)6-13(4)17(15)19;1-10-3-5-14(16)12(7-10)9-13-8-11(2)4-6-15(13)17;1-9-3-5-11(15)13(7-9)17-14-8-10(2)4-6-12(14)16;15-13-9-5-1-2-6-10(9)14(16)12-8-4-3-7-11(12)13;14-12-7-3-1-5-10(12)9-11-6-2-4-8-13(11)15;13-12-9-5-4-8-11(12)10-6-2-1-3-7-10;13-9-5-1-3-7-11(9)15-12-8-4-2-6-10(12)14;13-11-7-3-1-5-9(11)10-6-2-4-8-12(10)14;4*1-2/h5-8,18-19H,9H2,1-4H3;3-8,16-17H,9H2,1-2H3;3-8,15-16H,1-2H3;1-8H;1-8,14-15H,9H2;1-9H,13H2;1-8,13-14H;1-8,13-14H;4*1-2H3. The molecule has 0 amide bonds. The van der Waals surface area contributed by atoms with Crippen LogP contribution in [0.2, 0.25) is 0 Å². The lowest BCUT2D eigenvalue weighted by molar-refractivity contribution is 0.0979. The topological polar surface area (TPSA) is 312 Å². The van der Waals surface area contributed by atoms with E-state index in [4.69, 9.17) is 10.5 Å². The Morgan fingerprint density at radius 3 is 0.836 bits per heavy atom. The summed E-state index contributed by atoms with van der Waals surface area (Å²) < 4.78 is 5.34. The van der Waals surface area contributed by atoms with Crippen LogP contribution in [0.15, 0.2) is 356 Å². The van der Waals surface area contributed by atoms with Gasteiger partial charge >= 0.3 is 0 Å². The van der Waals surface area contributed by atoms with E-state index in [1.54, 1.807) is 170 Å². The van der Waals surface area contributed by atoms with E-state index in [2.05, 4.69) is 12.1 Å². The SMILES string of the molecule is CC.CC.CC.CC.Cc1cc(C)c(O)c(Cc2cc(C)cc(C)c2O)c1.Cc1ccc(O)c(Cc2cc(C)ccc2O)c1.Cc1ccc(O)c(Sc2cc(C)ccc2O)c1.Nc1ccccc1-c1ccccc1.O=C1c2ccccc2C(=O)c2ccccc21.Oc1ccccc1-c1ccccc1O.Oc1ccccc1Cc1ccccc1O.Oc1ccccc1Oc1ccccc1O. The second-order valence-electron chi connectivity index (χ2n) is 30.1. The van der Waals surface area contributed by atoms with E-state index in [0.717, 1.165) is 98.9 Å². The molecule has 0 fully saturated rings. The van der Waals surface area contributed by atoms with Gasteiger partial charge in [-0.15, -0.1) is 0 Å². The molecule has 0 saturated carbocycles. The summed E-state index contributed by atoms with van der Waals surface area (Å²) >= 11 is 1.37. The van der Waals surface area contributed by atoms with Crippen LogP contribution in [0.25, 0.3) is 22.3 Å². The number of ether oxygens (including phenoxy) is 1. The summed E-state index contributed by atoms with van der Waals surface area (Å²) in [5, 5.41) is 117. The summed E-state index contributed by atoms with van der Waals surface area (Å²) in [5.74, 6) is 3.14. The average Bonchev–Trinajstić information content (AvgIpc) is 0.763.